The summed E-state index contributed by atoms with van der Waals surface area (Å²) in [6, 6.07) is 0. The second kappa shape index (κ2) is 4.85. The van der Waals surface area contributed by atoms with Gasteiger partial charge in [-0.1, -0.05) is 6.92 Å². The van der Waals surface area contributed by atoms with Crippen LogP contribution in [0.25, 0.3) is 0 Å². The molecule has 13 heavy (non-hydrogen) atoms. The average Bonchev–Trinajstić information content (AvgIpc) is 2.02. The molecule has 2 nitrogen and oxygen atoms in total. The number of hydrogen-bond donors (Lipinski definition) is 0. The Morgan fingerprint density at radius 1 is 1.54 bits per heavy atom. The standard InChI is InChI=1S/C10H18ClNO/c1-3-4-10(13)12(2)7-8-5-9(11)6-8/h8-9H,3-7H2,1-2H3. The van der Waals surface area contributed by atoms with Crippen molar-refractivity contribution >= 4 is 17.5 Å². The van der Waals surface area contributed by atoms with Gasteiger partial charge >= 0.3 is 0 Å². The smallest absolute Gasteiger partial charge is 0.222 e. The molecule has 0 radical (unpaired) electrons. The predicted molar refractivity (Wildman–Crippen MR) is 54.9 cm³/mol. The SMILES string of the molecule is CCCC(=O)N(C)CC1CC(Cl)C1. The first-order chi connectivity index (χ1) is 6.13. The number of alkyl halides is 1. The maximum absolute atomic E-state index is 11.4. The van der Waals surface area contributed by atoms with Gasteiger partial charge in [-0.05, 0) is 25.2 Å². The molecule has 0 heterocycles. The van der Waals surface area contributed by atoms with Crippen LogP contribution in [0.5, 0.6) is 0 Å². The van der Waals surface area contributed by atoms with Crippen LogP contribution in [0.2, 0.25) is 0 Å². The van der Waals surface area contributed by atoms with E-state index in [9.17, 15) is 4.79 Å². The first-order valence-electron chi connectivity index (χ1n) is 5.01. The lowest BCUT2D eigenvalue weighted by atomic mass is 9.84. The van der Waals surface area contributed by atoms with Crippen molar-refractivity contribution in [1.82, 2.24) is 4.90 Å². The fraction of sp³-hybridized carbons (Fsp3) is 0.900. The van der Waals surface area contributed by atoms with Crippen LogP contribution in [0.3, 0.4) is 0 Å². The number of nitrogens with zero attached hydrogens (tertiary/aromatic N) is 1. The van der Waals surface area contributed by atoms with Crippen LogP contribution in [0, 0.1) is 5.92 Å². The third kappa shape index (κ3) is 3.18. The van der Waals surface area contributed by atoms with Crippen molar-refractivity contribution in [2.24, 2.45) is 5.92 Å². The maximum Gasteiger partial charge on any atom is 0.222 e. The van der Waals surface area contributed by atoms with Gasteiger partial charge in [0.1, 0.15) is 0 Å². The van der Waals surface area contributed by atoms with Crippen molar-refractivity contribution in [3.63, 3.8) is 0 Å². The van der Waals surface area contributed by atoms with Gasteiger partial charge in [-0.15, -0.1) is 11.6 Å². The van der Waals surface area contributed by atoms with Gasteiger partial charge in [0.15, 0.2) is 0 Å². The second-order valence-corrected chi connectivity index (χ2v) is 4.58. The number of rotatable bonds is 4. The van der Waals surface area contributed by atoms with E-state index in [4.69, 9.17) is 11.6 Å². The van der Waals surface area contributed by atoms with Gasteiger partial charge in [-0.3, -0.25) is 4.79 Å². The zero-order valence-electron chi connectivity index (χ0n) is 8.42. The van der Waals surface area contributed by atoms with Crippen LogP contribution in [0.4, 0.5) is 0 Å². The molecule has 1 rings (SSSR count). The molecule has 0 unspecified atom stereocenters. The van der Waals surface area contributed by atoms with Crippen molar-refractivity contribution in [2.75, 3.05) is 13.6 Å². The molecule has 1 amide bonds. The number of amides is 1. The van der Waals surface area contributed by atoms with Gasteiger partial charge in [0.25, 0.3) is 0 Å². The highest BCUT2D eigenvalue weighted by Gasteiger charge is 2.28. The molecule has 0 aromatic rings. The minimum Gasteiger partial charge on any atom is -0.345 e. The first kappa shape index (κ1) is 10.8. The van der Waals surface area contributed by atoms with Crippen LogP contribution in [0.1, 0.15) is 32.6 Å². The molecule has 1 aliphatic carbocycles. The third-order valence-electron chi connectivity index (χ3n) is 2.60. The van der Waals surface area contributed by atoms with Gasteiger partial charge in [0.05, 0.1) is 0 Å². The molecule has 0 N–H and O–H groups in total. The molecular formula is C10H18ClNO. The number of carbonyl (C=O) groups excluding carboxylic acids is 1. The molecule has 0 bridgehead atoms. The van der Waals surface area contributed by atoms with E-state index in [1.807, 2.05) is 18.9 Å². The summed E-state index contributed by atoms with van der Waals surface area (Å²) in [5.74, 6) is 0.911. The van der Waals surface area contributed by atoms with Gasteiger partial charge in [0.2, 0.25) is 5.91 Å². The normalized spacial score (nSPS) is 26.7. The Balaban J connectivity index is 2.17. The molecule has 0 aromatic carbocycles. The fourth-order valence-electron chi connectivity index (χ4n) is 1.70. The summed E-state index contributed by atoms with van der Waals surface area (Å²) in [7, 11) is 1.89. The van der Waals surface area contributed by atoms with Crippen LogP contribution >= 0.6 is 11.6 Å². The van der Waals surface area contributed by atoms with Crippen molar-refractivity contribution in [3.05, 3.63) is 0 Å². The van der Waals surface area contributed by atoms with Crippen molar-refractivity contribution in [2.45, 2.75) is 38.0 Å². The zero-order chi connectivity index (χ0) is 9.84. The summed E-state index contributed by atoms with van der Waals surface area (Å²) in [6.45, 7) is 2.92. The van der Waals surface area contributed by atoms with Crippen LogP contribution in [-0.4, -0.2) is 29.8 Å². The number of hydrogen-bond acceptors (Lipinski definition) is 1. The second-order valence-electron chi connectivity index (χ2n) is 3.96. The third-order valence-corrected chi connectivity index (χ3v) is 2.96. The minimum atomic E-state index is 0.264. The molecule has 76 valence electrons. The Morgan fingerprint density at radius 2 is 2.15 bits per heavy atom. The van der Waals surface area contributed by atoms with Gasteiger partial charge in [-0.2, -0.15) is 0 Å². The molecule has 0 aliphatic heterocycles. The van der Waals surface area contributed by atoms with E-state index in [-0.39, 0.29) is 5.91 Å². The molecule has 0 aromatic heterocycles. The molecular weight excluding hydrogens is 186 g/mol. The van der Waals surface area contributed by atoms with Crippen LogP contribution < -0.4 is 0 Å². The van der Waals surface area contributed by atoms with E-state index in [1.54, 1.807) is 0 Å². The predicted octanol–water partition coefficient (Wildman–Crippen LogP) is 2.26. The molecule has 0 saturated heterocycles. The van der Waals surface area contributed by atoms with Gasteiger partial charge in [-0.25, -0.2) is 0 Å². The Bertz CT molecular complexity index is 178. The maximum atomic E-state index is 11.4. The summed E-state index contributed by atoms with van der Waals surface area (Å²) in [5.41, 5.74) is 0. The lowest BCUT2D eigenvalue weighted by Crippen LogP contribution is -2.37. The highest BCUT2D eigenvalue weighted by atomic mass is 35.5. The quantitative estimate of drug-likeness (QED) is 0.642. The monoisotopic (exact) mass is 203 g/mol. The van der Waals surface area contributed by atoms with Crippen molar-refractivity contribution in [3.8, 4) is 0 Å². The molecule has 3 heteroatoms. The van der Waals surface area contributed by atoms with E-state index in [0.29, 0.717) is 17.7 Å². The van der Waals surface area contributed by atoms with E-state index in [2.05, 4.69) is 0 Å². The molecule has 0 spiro atoms. The lowest BCUT2D eigenvalue weighted by Gasteiger charge is -2.34. The summed E-state index contributed by atoms with van der Waals surface area (Å²) in [4.78, 5) is 13.2. The summed E-state index contributed by atoms with van der Waals surface area (Å²) >= 11 is 5.86. The summed E-state index contributed by atoms with van der Waals surface area (Å²) < 4.78 is 0. The van der Waals surface area contributed by atoms with Gasteiger partial charge < -0.3 is 4.90 Å². The Hall–Kier alpha value is -0.240. The number of halogens is 1. The minimum absolute atomic E-state index is 0.264. The van der Waals surface area contributed by atoms with E-state index < -0.39 is 0 Å². The first-order valence-corrected chi connectivity index (χ1v) is 5.45. The molecule has 1 fully saturated rings. The Morgan fingerprint density at radius 3 is 2.62 bits per heavy atom. The van der Waals surface area contributed by atoms with E-state index >= 15 is 0 Å². The largest absolute Gasteiger partial charge is 0.345 e. The molecule has 0 atom stereocenters. The van der Waals surface area contributed by atoms with Crippen LogP contribution in [-0.2, 0) is 4.79 Å². The lowest BCUT2D eigenvalue weighted by molar-refractivity contribution is -0.130. The topological polar surface area (TPSA) is 20.3 Å². The summed E-state index contributed by atoms with van der Waals surface area (Å²) in [6.07, 6.45) is 3.76. The molecule has 1 saturated carbocycles. The highest BCUT2D eigenvalue weighted by molar-refractivity contribution is 6.21. The van der Waals surface area contributed by atoms with Crippen molar-refractivity contribution < 1.29 is 4.79 Å². The zero-order valence-corrected chi connectivity index (χ0v) is 9.18. The highest BCUT2D eigenvalue weighted by Crippen LogP contribution is 2.32. The van der Waals surface area contributed by atoms with Crippen molar-refractivity contribution in [1.29, 1.82) is 0 Å². The average molecular weight is 204 g/mol. The molecule has 1 aliphatic rings. The Labute approximate surface area is 85.2 Å². The fourth-order valence-corrected chi connectivity index (χ4v) is 2.20. The van der Waals surface area contributed by atoms with Gasteiger partial charge in [0, 0.05) is 25.4 Å². The summed E-state index contributed by atoms with van der Waals surface area (Å²) in [5, 5.41) is 0.361. The number of carbonyl (C=O) groups is 1. The van der Waals surface area contributed by atoms with Crippen LogP contribution in [0.15, 0.2) is 0 Å². The van der Waals surface area contributed by atoms with E-state index in [1.165, 1.54) is 0 Å². The Kier molecular flexibility index (Phi) is 4.04. The van der Waals surface area contributed by atoms with E-state index in [0.717, 1.165) is 25.8 Å².